The highest BCUT2D eigenvalue weighted by Gasteiger charge is 2.51. The van der Waals surface area contributed by atoms with E-state index in [2.05, 4.69) is 84.2 Å². The third-order valence-electron chi connectivity index (χ3n) is 17.0. The molecule has 0 heterocycles. The number of rotatable bonds is 11. The van der Waals surface area contributed by atoms with E-state index < -0.39 is 11.2 Å². The molecule has 332 valence electrons. The first-order chi connectivity index (χ1) is 27.6. The molecular formula is C55H88O4. The van der Waals surface area contributed by atoms with Crippen LogP contribution in [0, 0.1) is 52.3 Å². The van der Waals surface area contributed by atoms with Crippen LogP contribution >= 0.6 is 0 Å². The maximum Gasteiger partial charge on any atom is 0.0651 e. The minimum atomic E-state index is -0.663. The van der Waals surface area contributed by atoms with E-state index in [0.29, 0.717) is 28.6 Å². The first-order valence-corrected chi connectivity index (χ1v) is 24.3. The van der Waals surface area contributed by atoms with E-state index in [1.54, 1.807) is 11.1 Å². The van der Waals surface area contributed by atoms with Gasteiger partial charge in [-0.15, -0.1) is 0 Å². The molecule has 0 radical (unpaired) electrons. The zero-order chi connectivity index (χ0) is 43.3. The molecule has 59 heavy (non-hydrogen) atoms. The summed E-state index contributed by atoms with van der Waals surface area (Å²) in [5, 5.41) is 40.3. The molecule has 0 bridgehead atoms. The number of hydrogen-bond donors (Lipinski definition) is 4. The summed E-state index contributed by atoms with van der Waals surface area (Å²) >= 11 is 0. The van der Waals surface area contributed by atoms with Crippen LogP contribution in [-0.2, 0) is 0 Å². The third kappa shape index (κ3) is 12.1. The lowest BCUT2D eigenvalue weighted by molar-refractivity contribution is 0.0436. The average molecular weight is 813 g/mol. The van der Waals surface area contributed by atoms with Crippen molar-refractivity contribution in [2.75, 3.05) is 0 Å². The standard InChI is InChI=1S/C28H44O2.C27H44O2/c1-19-10-14-24(29)18-23(19)13-12-22-8-7-17-28(6)25(15-16-26(22)28)20(2)9-11-21(3)27(4,5)30;1-19-10-13-23(28)18-22(19)12-11-21-9-7-17-27(5)24(14-15-25(21)27)20(2)8-6-16-26(3,4)29/h9,11-13,20-21,24-26,29-30H,1,7-8,10,14-18H2,2-6H3;11-12,20,23-25,28-29H,1,6-10,13-18H2,2-5H3/b11-9+,22-12+,23-13-;21-11+,22-12-/t20-,21+,24+,25-,26+,28-;20-,23+,24-,25+,27-/m11/s1. The van der Waals surface area contributed by atoms with E-state index in [1.807, 2.05) is 27.7 Å². The summed E-state index contributed by atoms with van der Waals surface area (Å²) in [5.74, 6) is 4.34. The summed E-state index contributed by atoms with van der Waals surface area (Å²) in [7, 11) is 0. The van der Waals surface area contributed by atoms with Crippen molar-refractivity contribution in [1.29, 1.82) is 0 Å². The molecule has 0 aromatic carbocycles. The van der Waals surface area contributed by atoms with Crippen LogP contribution in [-0.4, -0.2) is 43.8 Å². The minimum Gasteiger partial charge on any atom is -0.393 e. The van der Waals surface area contributed by atoms with Crippen molar-refractivity contribution in [3.05, 3.63) is 83.1 Å². The molecule has 0 aromatic rings. The van der Waals surface area contributed by atoms with Crippen LogP contribution < -0.4 is 0 Å². The molecule has 6 aliphatic rings. The van der Waals surface area contributed by atoms with Crippen molar-refractivity contribution in [2.45, 2.75) is 208 Å². The zero-order valence-corrected chi connectivity index (χ0v) is 39.3. The molecule has 6 rings (SSSR count). The van der Waals surface area contributed by atoms with Crippen LogP contribution in [0.25, 0.3) is 0 Å². The highest BCUT2D eigenvalue weighted by molar-refractivity contribution is 5.37. The predicted octanol–water partition coefficient (Wildman–Crippen LogP) is 13.5. The quantitative estimate of drug-likeness (QED) is 0.157. The fourth-order valence-electron chi connectivity index (χ4n) is 12.9. The van der Waals surface area contributed by atoms with Crippen LogP contribution in [0.3, 0.4) is 0 Å². The summed E-state index contributed by atoms with van der Waals surface area (Å²) in [6, 6.07) is 0. The first-order valence-electron chi connectivity index (χ1n) is 24.3. The van der Waals surface area contributed by atoms with Gasteiger partial charge in [0.2, 0.25) is 0 Å². The Kier molecular flexibility index (Phi) is 16.3. The van der Waals surface area contributed by atoms with Crippen LogP contribution in [0.2, 0.25) is 0 Å². The molecule has 11 atom stereocenters. The zero-order valence-electron chi connectivity index (χ0n) is 39.3. The summed E-state index contributed by atoms with van der Waals surface area (Å²) in [5.41, 5.74) is 7.80. The van der Waals surface area contributed by atoms with Crippen LogP contribution in [0.5, 0.6) is 0 Å². The highest BCUT2D eigenvalue weighted by atomic mass is 16.3. The number of aliphatic hydroxyl groups excluding tert-OH is 2. The Morgan fingerprint density at radius 2 is 1.14 bits per heavy atom. The molecule has 6 aliphatic carbocycles. The van der Waals surface area contributed by atoms with Gasteiger partial charge in [0.05, 0.1) is 23.4 Å². The van der Waals surface area contributed by atoms with Gasteiger partial charge in [0.25, 0.3) is 0 Å². The van der Waals surface area contributed by atoms with Crippen LogP contribution in [0.4, 0.5) is 0 Å². The summed E-state index contributed by atoms with van der Waals surface area (Å²) < 4.78 is 0. The monoisotopic (exact) mass is 813 g/mol. The van der Waals surface area contributed by atoms with E-state index in [4.69, 9.17) is 0 Å². The molecule has 4 N–H and O–H groups in total. The van der Waals surface area contributed by atoms with Gasteiger partial charge < -0.3 is 20.4 Å². The van der Waals surface area contributed by atoms with Gasteiger partial charge in [-0.3, -0.25) is 0 Å². The first kappa shape index (κ1) is 48.1. The largest absolute Gasteiger partial charge is 0.393 e. The minimum absolute atomic E-state index is 0.164. The summed E-state index contributed by atoms with van der Waals surface area (Å²) in [6.45, 7) is 28.1. The Morgan fingerprint density at radius 3 is 1.61 bits per heavy atom. The number of aliphatic hydroxyl groups is 4. The SMILES string of the molecule is C=C1CC[C@H](O)C/C1=C/C=C1\CCC[C@]2(C)[C@@H]([C@H](C)/C=C/[C@H](C)C(C)(C)O)CC[C@@H]12.C=C1CC[C@H](O)C/C1=C/C=C1\CCC[C@]2(C)[C@@H]([C@H](C)CCCC(C)(C)O)CC[C@@H]12. The Bertz CT molecular complexity index is 1610. The average Bonchev–Trinajstić information content (AvgIpc) is 3.71. The molecule has 0 spiro atoms. The number of fused-ring (bicyclic) bond motifs is 2. The molecule has 6 saturated carbocycles. The fourth-order valence-corrected chi connectivity index (χ4v) is 12.9. The van der Waals surface area contributed by atoms with Gasteiger partial charge in [0.15, 0.2) is 0 Å². The van der Waals surface area contributed by atoms with Crippen molar-refractivity contribution in [3.8, 4) is 0 Å². The molecule has 4 heteroatoms. The maximum atomic E-state index is 10.3. The van der Waals surface area contributed by atoms with Gasteiger partial charge in [0, 0.05) is 5.92 Å². The maximum absolute atomic E-state index is 10.3. The number of hydrogen-bond acceptors (Lipinski definition) is 4. The van der Waals surface area contributed by atoms with Crippen molar-refractivity contribution in [3.63, 3.8) is 0 Å². The molecule has 0 aliphatic heterocycles. The van der Waals surface area contributed by atoms with Crippen molar-refractivity contribution in [2.24, 2.45) is 52.3 Å². The van der Waals surface area contributed by atoms with Gasteiger partial charge in [-0.2, -0.15) is 0 Å². The topological polar surface area (TPSA) is 80.9 Å². The summed E-state index contributed by atoms with van der Waals surface area (Å²) in [4.78, 5) is 0. The molecule has 0 aromatic heterocycles. The lowest BCUT2D eigenvalue weighted by Crippen LogP contribution is -2.36. The van der Waals surface area contributed by atoms with Crippen molar-refractivity contribution < 1.29 is 20.4 Å². The second-order valence-electron chi connectivity index (χ2n) is 22.4. The molecule has 4 nitrogen and oxygen atoms in total. The summed E-state index contributed by atoms with van der Waals surface area (Å²) in [6.07, 6.45) is 34.9. The Labute approximate surface area is 362 Å². The van der Waals surface area contributed by atoms with Crippen LogP contribution in [0.15, 0.2) is 83.1 Å². The van der Waals surface area contributed by atoms with E-state index in [1.165, 1.54) is 92.9 Å². The predicted molar refractivity (Wildman–Crippen MR) is 250 cm³/mol. The third-order valence-corrected chi connectivity index (χ3v) is 17.0. The van der Waals surface area contributed by atoms with Gasteiger partial charge in [-0.25, -0.2) is 0 Å². The van der Waals surface area contributed by atoms with E-state index in [-0.39, 0.29) is 18.1 Å². The fraction of sp³-hybridized carbons (Fsp3) is 0.745. The Balaban J connectivity index is 0.000000224. The van der Waals surface area contributed by atoms with E-state index >= 15 is 0 Å². The van der Waals surface area contributed by atoms with Gasteiger partial charge in [-0.05, 0) is 194 Å². The second kappa shape index (κ2) is 20.0. The second-order valence-corrected chi connectivity index (χ2v) is 22.4. The number of allylic oxidation sites excluding steroid dienone is 9. The van der Waals surface area contributed by atoms with Gasteiger partial charge >= 0.3 is 0 Å². The molecule has 0 unspecified atom stereocenters. The Hall–Kier alpha value is -1.98. The van der Waals surface area contributed by atoms with E-state index in [9.17, 15) is 20.4 Å². The van der Waals surface area contributed by atoms with E-state index in [0.717, 1.165) is 69.1 Å². The normalized spacial score (nSPS) is 37.4. The lowest BCUT2D eigenvalue weighted by atomic mass is 9.60. The molecule has 0 amide bonds. The molecule has 0 saturated heterocycles. The van der Waals surface area contributed by atoms with Gasteiger partial charge in [0.1, 0.15) is 0 Å². The lowest BCUT2D eigenvalue weighted by Gasteiger charge is -2.44. The van der Waals surface area contributed by atoms with Gasteiger partial charge in [-0.1, -0.05) is 119 Å². The van der Waals surface area contributed by atoms with Crippen molar-refractivity contribution >= 4 is 0 Å². The molecular weight excluding hydrogens is 725 g/mol. The molecule has 6 fully saturated rings. The smallest absolute Gasteiger partial charge is 0.0651 e. The highest BCUT2D eigenvalue weighted by Crippen LogP contribution is 2.61. The Morgan fingerprint density at radius 1 is 0.661 bits per heavy atom. The van der Waals surface area contributed by atoms with Crippen LogP contribution in [0.1, 0.15) is 184 Å². The van der Waals surface area contributed by atoms with Crippen molar-refractivity contribution in [1.82, 2.24) is 0 Å².